The molecule has 0 atom stereocenters. The number of amides is 1. The van der Waals surface area contributed by atoms with Gasteiger partial charge >= 0.3 is 0 Å². The first kappa shape index (κ1) is 15.2. The Morgan fingerprint density at radius 2 is 2.10 bits per heavy atom. The Bertz CT molecular complexity index is 644. The van der Waals surface area contributed by atoms with Crippen molar-refractivity contribution in [1.29, 1.82) is 0 Å². The second-order valence-electron chi connectivity index (χ2n) is 4.66. The van der Waals surface area contributed by atoms with E-state index in [0.717, 1.165) is 5.56 Å². The number of rotatable bonds is 5. The average molecular weight is 305 g/mol. The normalized spacial score (nSPS) is 10.2. The van der Waals surface area contributed by atoms with Crippen molar-refractivity contribution < 1.29 is 9.53 Å². The van der Waals surface area contributed by atoms with Crippen LogP contribution in [0.2, 0.25) is 5.02 Å². The first-order valence-electron chi connectivity index (χ1n) is 6.59. The number of nitrogens with one attached hydrogen (secondary N) is 1. The van der Waals surface area contributed by atoms with Crippen molar-refractivity contribution in [3.63, 3.8) is 0 Å². The van der Waals surface area contributed by atoms with Gasteiger partial charge in [-0.25, -0.2) is 0 Å². The molecule has 110 valence electrons. The van der Waals surface area contributed by atoms with Crippen molar-refractivity contribution in [3.05, 3.63) is 58.6 Å². The topological polar surface area (TPSA) is 64.3 Å². The van der Waals surface area contributed by atoms with Crippen molar-refractivity contribution in [2.45, 2.75) is 6.92 Å². The molecule has 21 heavy (non-hydrogen) atoms. The fourth-order valence-electron chi connectivity index (χ4n) is 1.84. The number of benzene rings is 2. The Balaban J connectivity index is 1.82. The Morgan fingerprint density at radius 1 is 1.29 bits per heavy atom. The maximum atomic E-state index is 12.0. The van der Waals surface area contributed by atoms with Crippen molar-refractivity contribution in [2.24, 2.45) is 0 Å². The predicted octanol–water partition coefficient (Wildman–Crippen LogP) is 3.04. The van der Waals surface area contributed by atoms with E-state index in [1.165, 1.54) is 0 Å². The number of hydrogen-bond acceptors (Lipinski definition) is 3. The van der Waals surface area contributed by atoms with Crippen LogP contribution in [0.5, 0.6) is 5.75 Å². The fraction of sp³-hybridized carbons (Fsp3) is 0.188. The number of hydrogen-bond donors (Lipinski definition) is 2. The summed E-state index contributed by atoms with van der Waals surface area (Å²) < 4.78 is 5.49. The van der Waals surface area contributed by atoms with Gasteiger partial charge in [0.15, 0.2) is 0 Å². The smallest absolute Gasteiger partial charge is 0.252 e. The van der Waals surface area contributed by atoms with Gasteiger partial charge in [-0.1, -0.05) is 23.7 Å². The quantitative estimate of drug-likeness (QED) is 0.659. The summed E-state index contributed by atoms with van der Waals surface area (Å²) in [5, 5.41) is 3.21. The SMILES string of the molecule is Cc1ccc(C(=O)NCCOc2cccc(N)c2)c(Cl)c1. The van der Waals surface area contributed by atoms with E-state index in [1.54, 1.807) is 24.3 Å². The van der Waals surface area contributed by atoms with Gasteiger partial charge in [0.2, 0.25) is 0 Å². The minimum absolute atomic E-state index is 0.212. The molecule has 0 aliphatic rings. The van der Waals surface area contributed by atoms with Gasteiger partial charge in [0.05, 0.1) is 17.1 Å². The molecule has 0 fully saturated rings. The first-order valence-corrected chi connectivity index (χ1v) is 6.97. The maximum Gasteiger partial charge on any atom is 0.252 e. The third-order valence-corrected chi connectivity index (χ3v) is 3.20. The lowest BCUT2D eigenvalue weighted by atomic mass is 10.1. The van der Waals surface area contributed by atoms with Gasteiger partial charge in [0.25, 0.3) is 5.91 Å². The molecule has 0 radical (unpaired) electrons. The molecule has 0 bridgehead atoms. The van der Waals surface area contributed by atoms with E-state index in [9.17, 15) is 4.79 Å². The largest absolute Gasteiger partial charge is 0.492 e. The summed E-state index contributed by atoms with van der Waals surface area (Å²) >= 11 is 6.04. The van der Waals surface area contributed by atoms with Crippen molar-refractivity contribution in [2.75, 3.05) is 18.9 Å². The average Bonchev–Trinajstić information content (AvgIpc) is 2.43. The second-order valence-corrected chi connectivity index (χ2v) is 5.07. The molecule has 1 amide bonds. The zero-order valence-corrected chi connectivity index (χ0v) is 12.5. The van der Waals surface area contributed by atoms with Gasteiger partial charge in [-0.2, -0.15) is 0 Å². The van der Waals surface area contributed by atoms with E-state index in [0.29, 0.717) is 35.2 Å². The molecule has 3 N–H and O–H groups in total. The van der Waals surface area contributed by atoms with E-state index in [-0.39, 0.29) is 5.91 Å². The zero-order valence-electron chi connectivity index (χ0n) is 11.7. The van der Waals surface area contributed by atoms with Crippen LogP contribution in [-0.2, 0) is 0 Å². The van der Waals surface area contributed by atoms with E-state index >= 15 is 0 Å². The number of anilines is 1. The summed E-state index contributed by atoms with van der Waals surface area (Å²) in [5.41, 5.74) is 7.77. The first-order chi connectivity index (χ1) is 10.1. The van der Waals surface area contributed by atoms with Crippen LogP contribution in [0.25, 0.3) is 0 Å². The Kier molecular flexibility index (Phi) is 5.06. The van der Waals surface area contributed by atoms with Crippen molar-refractivity contribution in [3.8, 4) is 5.75 Å². The van der Waals surface area contributed by atoms with Crippen molar-refractivity contribution >= 4 is 23.2 Å². The Morgan fingerprint density at radius 3 is 2.81 bits per heavy atom. The highest BCUT2D eigenvalue weighted by molar-refractivity contribution is 6.33. The molecule has 0 unspecified atom stereocenters. The Hall–Kier alpha value is -2.20. The molecule has 2 aromatic carbocycles. The molecular formula is C16H17ClN2O2. The fourth-order valence-corrected chi connectivity index (χ4v) is 2.16. The van der Waals surface area contributed by atoms with Gasteiger partial charge in [0, 0.05) is 11.8 Å². The maximum absolute atomic E-state index is 12.0. The van der Waals surface area contributed by atoms with E-state index in [2.05, 4.69) is 5.32 Å². The van der Waals surface area contributed by atoms with Crippen LogP contribution in [0.4, 0.5) is 5.69 Å². The number of ether oxygens (including phenoxy) is 1. The number of carbonyl (C=O) groups excluding carboxylic acids is 1. The molecule has 4 nitrogen and oxygen atoms in total. The third-order valence-electron chi connectivity index (χ3n) is 2.88. The number of aryl methyl sites for hydroxylation is 1. The molecule has 5 heteroatoms. The van der Waals surface area contributed by atoms with Crippen LogP contribution in [0, 0.1) is 6.92 Å². The number of nitrogen functional groups attached to an aromatic ring is 1. The highest BCUT2D eigenvalue weighted by atomic mass is 35.5. The molecule has 2 aromatic rings. The molecule has 0 spiro atoms. The van der Waals surface area contributed by atoms with Crippen LogP contribution < -0.4 is 15.8 Å². The molecule has 0 heterocycles. The summed E-state index contributed by atoms with van der Waals surface area (Å²) in [5.74, 6) is 0.466. The number of nitrogens with two attached hydrogens (primary N) is 1. The van der Waals surface area contributed by atoms with Gasteiger partial charge in [-0.3, -0.25) is 4.79 Å². The van der Waals surface area contributed by atoms with Gasteiger partial charge in [-0.05, 0) is 36.8 Å². The number of halogens is 1. The van der Waals surface area contributed by atoms with Gasteiger partial charge in [0.1, 0.15) is 12.4 Å². The summed E-state index contributed by atoms with van der Waals surface area (Å²) in [7, 11) is 0. The number of carbonyl (C=O) groups is 1. The molecule has 2 rings (SSSR count). The molecule has 0 aliphatic heterocycles. The highest BCUT2D eigenvalue weighted by Crippen LogP contribution is 2.17. The summed E-state index contributed by atoms with van der Waals surface area (Å²) in [6.07, 6.45) is 0. The van der Waals surface area contributed by atoms with Crippen LogP contribution in [0.15, 0.2) is 42.5 Å². The van der Waals surface area contributed by atoms with Crippen LogP contribution >= 0.6 is 11.6 Å². The lowest BCUT2D eigenvalue weighted by Gasteiger charge is -2.09. The summed E-state index contributed by atoms with van der Waals surface area (Å²) in [4.78, 5) is 12.0. The van der Waals surface area contributed by atoms with Crippen molar-refractivity contribution in [1.82, 2.24) is 5.32 Å². The van der Waals surface area contributed by atoms with Crippen LogP contribution in [0.1, 0.15) is 15.9 Å². The summed E-state index contributed by atoms with van der Waals surface area (Å²) in [6, 6.07) is 12.5. The monoisotopic (exact) mass is 304 g/mol. The Labute approximate surface area is 128 Å². The van der Waals surface area contributed by atoms with E-state index in [4.69, 9.17) is 22.1 Å². The third kappa shape index (κ3) is 4.39. The van der Waals surface area contributed by atoms with Crippen LogP contribution in [-0.4, -0.2) is 19.1 Å². The minimum atomic E-state index is -0.212. The standard InChI is InChI=1S/C16H17ClN2O2/c1-11-5-6-14(15(17)9-11)16(20)19-7-8-21-13-4-2-3-12(18)10-13/h2-6,9-10H,7-8,18H2,1H3,(H,19,20). The molecule has 0 aliphatic carbocycles. The molecule has 0 saturated heterocycles. The molecular weight excluding hydrogens is 288 g/mol. The lowest BCUT2D eigenvalue weighted by Crippen LogP contribution is -2.28. The highest BCUT2D eigenvalue weighted by Gasteiger charge is 2.09. The van der Waals surface area contributed by atoms with Crippen LogP contribution in [0.3, 0.4) is 0 Å². The minimum Gasteiger partial charge on any atom is -0.492 e. The van der Waals surface area contributed by atoms with E-state index < -0.39 is 0 Å². The second kappa shape index (κ2) is 6.99. The zero-order chi connectivity index (χ0) is 15.2. The van der Waals surface area contributed by atoms with E-state index in [1.807, 2.05) is 25.1 Å². The molecule has 0 saturated carbocycles. The van der Waals surface area contributed by atoms with Gasteiger partial charge in [-0.15, -0.1) is 0 Å². The van der Waals surface area contributed by atoms with Gasteiger partial charge < -0.3 is 15.8 Å². The predicted molar refractivity (Wildman–Crippen MR) is 84.9 cm³/mol. The summed E-state index contributed by atoms with van der Waals surface area (Å²) in [6.45, 7) is 2.67. The molecule has 0 aromatic heterocycles. The lowest BCUT2D eigenvalue weighted by molar-refractivity contribution is 0.0947.